The number of ketones is 1. The van der Waals surface area contributed by atoms with Crippen LogP contribution in [0.25, 0.3) is 5.57 Å². The molecule has 0 aromatic heterocycles. The number of fused-ring (bicyclic) bond motifs is 3. The molecule has 2 aliphatic carbocycles. The van der Waals surface area contributed by atoms with Gasteiger partial charge in [0.2, 0.25) is 0 Å². The largest absolute Gasteiger partial charge is 0.480 e. The molecule has 30 heavy (non-hydrogen) atoms. The SMILES string of the molecule is CCC12CCC(=O)C=C1c1c(cc(OCC(=O)OCC(C)(CO)CO)c(Cl)c1Cl)C2. The first-order chi connectivity index (χ1) is 14.2. The highest BCUT2D eigenvalue weighted by Crippen LogP contribution is 2.57. The second kappa shape index (κ2) is 8.87. The standard InChI is InChI=1S/C22H26Cl2O6/c1-3-22-5-4-14(27)7-15(22)18-13(8-22)6-16(19(23)20(18)24)29-9-17(28)30-12-21(2,10-25)11-26/h6-7,25-26H,3-5,8-12H2,1-2H3. The molecule has 8 heteroatoms. The molecule has 0 radical (unpaired) electrons. The van der Waals surface area contributed by atoms with E-state index in [2.05, 4.69) is 6.92 Å². The van der Waals surface area contributed by atoms with Gasteiger partial charge < -0.3 is 19.7 Å². The first-order valence-corrected chi connectivity index (χ1v) is 10.7. The fourth-order valence-corrected chi connectivity index (χ4v) is 4.54. The molecular weight excluding hydrogens is 431 g/mol. The molecule has 2 aliphatic rings. The van der Waals surface area contributed by atoms with Crippen molar-refractivity contribution in [3.8, 4) is 5.75 Å². The summed E-state index contributed by atoms with van der Waals surface area (Å²) in [6.07, 6.45) is 4.60. The first kappa shape index (κ1) is 23.1. The molecule has 1 atom stereocenters. The molecule has 0 spiro atoms. The molecule has 0 amide bonds. The molecule has 3 rings (SSSR count). The second-order valence-corrected chi connectivity index (χ2v) is 9.20. The minimum Gasteiger partial charge on any atom is -0.480 e. The van der Waals surface area contributed by atoms with E-state index < -0.39 is 11.4 Å². The van der Waals surface area contributed by atoms with Crippen LogP contribution in [0.1, 0.15) is 44.2 Å². The van der Waals surface area contributed by atoms with Crippen LogP contribution in [0.3, 0.4) is 0 Å². The molecule has 1 aromatic rings. The summed E-state index contributed by atoms with van der Waals surface area (Å²) in [5.74, 6) is -0.279. The van der Waals surface area contributed by atoms with Crippen molar-refractivity contribution in [2.24, 2.45) is 10.8 Å². The van der Waals surface area contributed by atoms with Gasteiger partial charge in [-0.05, 0) is 42.5 Å². The predicted molar refractivity (Wildman–Crippen MR) is 114 cm³/mol. The van der Waals surface area contributed by atoms with Gasteiger partial charge in [0, 0.05) is 22.8 Å². The molecule has 164 valence electrons. The summed E-state index contributed by atoms with van der Waals surface area (Å²) >= 11 is 13.0. The fraction of sp³-hybridized carbons (Fsp3) is 0.545. The van der Waals surface area contributed by atoms with E-state index in [1.165, 1.54) is 0 Å². The lowest BCUT2D eigenvalue weighted by Crippen LogP contribution is -2.33. The Hall–Kier alpha value is -1.60. The minimum absolute atomic E-state index is 0.0925. The van der Waals surface area contributed by atoms with E-state index in [9.17, 15) is 19.8 Å². The highest BCUT2D eigenvalue weighted by Gasteiger charge is 2.44. The number of esters is 1. The Morgan fingerprint density at radius 2 is 1.97 bits per heavy atom. The Bertz CT molecular complexity index is 890. The van der Waals surface area contributed by atoms with Crippen LogP contribution in [0.2, 0.25) is 10.0 Å². The van der Waals surface area contributed by atoms with Crippen molar-refractivity contribution in [3.63, 3.8) is 0 Å². The Morgan fingerprint density at radius 1 is 1.27 bits per heavy atom. The first-order valence-electron chi connectivity index (χ1n) is 9.95. The van der Waals surface area contributed by atoms with Crippen molar-refractivity contribution in [3.05, 3.63) is 33.3 Å². The Balaban J connectivity index is 1.77. The van der Waals surface area contributed by atoms with Crippen molar-refractivity contribution < 1.29 is 29.3 Å². The van der Waals surface area contributed by atoms with E-state index in [4.69, 9.17) is 32.7 Å². The van der Waals surface area contributed by atoms with E-state index in [1.54, 1.807) is 19.1 Å². The smallest absolute Gasteiger partial charge is 0.344 e. The summed E-state index contributed by atoms with van der Waals surface area (Å²) < 4.78 is 10.7. The van der Waals surface area contributed by atoms with Gasteiger partial charge in [-0.1, -0.05) is 37.0 Å². The lowest BCUT2D eigenvalue weighted by molar-refractivity contribution is -0.151. The molecule has 0 heterocycles. The predicted octanol–water partition coefficient (Wildman–Crippen LogP) is 3.61. The van der Waals surface area contributed by atoms with E-state index in [0.717, 1.165) is 36.0 Å². The molecule has 6 nitrogen and oxygen atoms in total. The summed E-state index contributed by atoms with van der Waals surface area (Å²) in [6.45, 7) is 2.54. The van der Waals surface area contributed by atoms with Crippen molar-refractivity contribution in [1.29, 1.82) is 0 Å². The number of carbonyl (C=O) groups is 2. The lowest BCUT2D eigenvalue weighted by Gasteiger charge is -2.32. The third-order valence-corrected chi connectivity index (χ3v) is 7.00. The molecular formula is C22H26Cl2O6. The lowest BCUT2D eigenvalue weighted by atomic mass is 9.71. The molecule has 0 aliphatic heterocycles. The summed E-state index contributed by atoms with van der Waals surface area (Å²) in [6, 6.07) is 1.78. The number of hydrogen-bond acceptors (Lipinski definition) is 6. The van der Waals surface area contributed by atoms with Crippen molar-refractivity contribution in [2.45, 2.75) is 39.5 Å². The average molecular weight is 457 g/mol. The molecule has 0 saturated carbocycles. The second-order valence-electron chi connectivity index (χ2n) is 8.45. The topological polar surface area (TPSA) is 93.1 Å². The maximum absolute atomic E-state index is 12.0. The highest BCUT2D eigenvalue weighted by atomic mass is 35.5. The third-order valence-electron chi connectivity index (χ3n) is 6.15. The number of hydrogen-bond donors (Lipinski definition) is 2. The van der Waals surface area contributed by atoms with Crippen LogP contribution in [-0.2, 0) is 20.7 Å². The number of carbonyl (C=O) groups excluding carboxylic acids is 2. The van der Waals surface area contributed by atoms with Gasteiger partial charge in [0.1, 0.15) is 17.4 Å². The van der Waals surface area contributed by atoms with Gasteiger partial charge in [-0.15, -0.1) is 0 Å². The Morgan fingerprint density at radius 3 is 2.60 bits per heavy atom. The van der Waals surface area contributed by atoms with Gasteiger partial charge >= 0.3 is 5.97 Å². The highest BCUT2D eigenvalue weighted by molar-refractivity contribution is 6.44. The van der Waals surface area contributed by atoms with E-state index >= 15 is 0 Å². The summed E-state index contributed by atoms with van der Waals surface area (Å²) in [4.78, 5) is 24.1. The fourth-order valence-electron chi connectivity index (χ4n) is 4.02. The zero-order chi connectivity index (χ0) is 22.1. The Kier molecular flexibility index (Phi) is 6.82. The average Bonchev–Trinajstić information content (AvgIpc) is 3.07. The number of ether oxygens (including phenoxy) is 2. The molecule has 0 saturated heterocycles. The number of benzene rings is 1. The molecule has 1 aromatic carbocycles. The summed E-state index contributed by atoms with van der Waals surface area (Å²) in [5.41, 5.74) is 1.65. The number of allylic oxidation sites excluding steroid dienone is 2. The van der Waals surface area contributed by atoms with Gasteiger partial charge in [-0.3, -0.25) is 4.79 Å². The molecule has 0 fully saturated rings. The van der Waals surface area contributed by atoms with Crippen molar-refractivity contribution >= 4 is 40.5 Å². The molecule has 1 unspecified atom stereocenters. The van der Waals surface area contributed by atoms with Crippen LogP contribution in [-0.4, -0.2) is 48.4 Å². The minimum atomic E-state index is -0.917. The van der Waals surface area contributed by atoms with Gasteiger partial charge in [-0.2, -0.15) is 0 Å². The number of rotatable bonds is 8. The van der Waals surface area contributed by atoms with Gasteiger partial charge in [0.15, 0.2) is 12.4 Å². The Labute approximate surface area is 185 Å². The van der Waals surface area contributed by atoms with E-state index in [0.29, 0.717) is 11.4 Å². The van der Waals surface area contributed by atoms with Crippen molar-refractivity contribution in [1.82, 2.24) is 0 Å². The van der Waals surface area contributed by atoms with Crippen LogP contribution < -0.4 is 4.74 Å². The van der Waals surface area contributed by atoms with E-state index in [-0.39, 0.29) is 48.4 Å². The quantitative estimate of drug-likeness (QED) is 0.580. The van der Waals surface area contributed by atoms with Crippen LogP contribution in [0, 0.1) is 10.8 Å². The number of halogens is 2. The van der Waals surface area contributed by atoms with Crippen LogP contribution in [0.15, 0.2) is 12.1 Å². The molecule has 2 N–H and O–H groups in total. The summed E-state index contributed by atoms with van der Waals surface area (Å²) in [7, 11) is 0. The van der Waals surface area contributed by atoms with Gasteiger partial charge in [0.25, 0.3) is 0 Å². The van der Waals surface area contributed by atoms with Gasteiger partial charge in [-0.25, -0.2) is 4.79 Å². The number of aliphatic hydroxyl groups is 2. The van der Waals surface area contributed by atoms with Gasteiger partial charge in [0.05, 0.1) is 18.2 Å². The monoisotopic (exact) mass is 456 g/mol. The maximum Gasteiger partial charge on any atom is 0.344 e. The van der Waals surface area contributed by atoms with Crippen molar-refractivity contribution in [2.75, 3.05) is 26.4 Å². The third kappa shape index (κ3) is 4.24. The maximum atomic E-state index is 12.0. The zero-order valence-corrected chi connectivity index (χ0v) is 18.6. The molecule has 0 bridgehead atoms. The summed E-state index contributed by atoms with van der Waals surface area (Å²) in [5, 5.41) is 19.0. The van der Waals surface area contributed by atoms with Crippen LogP contribution >= 0.6 is 23.2 Å². The van der Waals surface area contributed by atoms with E-state index in [1.807, 2.05) is 0 Å². The zero-order valence-electron chi connectivity index (χ0n) is 17.1. The normalized spacial score (nSPS) is 20.5. The van der Waals surface area contributed by atoms with Crippen LogP contribution in [0.4, 0.5) is 0 Å². The van der Waals surface area contributed by atoms with Crippen LogP contribution in [0.5, 0.6) is 5.75 Å². The number of aliphatic hydroxyl groups excluding tert-OH is 2.